The summed E-state index contributed by atoms with van der Waals surface area (Å²) >= 11 is 0. The number of aromatic nitrogens is 2. The topological polar surface area (TPSA) is 61.8 Å². The zero-order valence-electron chi connectivity index (χ0n) is 17.1. The smallest absolute Gasteiger partial charge is 0.224 e. The van der Waals surface area contributed by atoms with Crippen LogP contribution in [0.1, 0.15) is 32.1 Å². The van der Waals surface area contributed by atoms with E-state index in [1.807, 2.05) is 11.9 Å². The average molecular weight is 396 g/mol. The molecule has 0 N–H and O–H groups in total. The second-order valence-corrected chi connectivity index (χ2v) is 8.54. The van der Waals surface area contributed by atoms with Gasteiger partial charge in [0.1, 0.15) is 12.4 Å². The fourth-order valence-corrected chi connectivity index (χ4v) is 4.52. The molecule has 5 rings (SSSR count). The van der Waals surface area contributed by atoms with Crippen LogP contribution in [-0.4, -0.2) is 77.6 Å². The van der Waals surface area contributed by atoms with E-state index < -0.39 is 0 Å². The number of ether oxygens (including phenoxy) is 1. The van der Waals surface area contributed by atoms with E-state index in [4.69, 9.17) is 4.74 Å². The number of hydrogen-bond acceptors (Lipinski definition) is 6. The van der Waals surface area contributed by atoms with Crippen molar-refractivity contribution in [3.8, 4) is 5.88 Å². The molecule has 1 aromatic heterocycles. The lowest BCUT2D eigenvalue weighted by molar-refractivity contribution is -0.127. The molecule has 2 aromatic rings. The van der Waals surface area contributed by atoms with Gasteiger partial charge in [-0.1, -0.05) is 0 Å². The first kappa shape index (κ1) is 18.6. The number of nitrogens with zero attached hydrogens (tertiary/aromatic N) is 5. The second-order valence-electron chi connectivity index (χ2n) is 8.54. The summed E-state index contributed by atoms with van der Waals surface area (Å²) in [6.45, 7) is 5.01. The van der Waals surface area contributed by atoms with Gasteiger partial charge in [0.05, 0.1) is 10.9 Å². The van der Waals surface area contributed by atoms with Gasteiger partial charge in [-0.25, -0.2) is 9.97 Å². The van der Waals surface area contributed by atoms with Gasteiger partial charge in [-0.15, -0.1) is 0 Å². The summed E-state index contributed by atoms with van der Waals surface area (Å²) in [5, 5.41) is 1.01. The molecule has 1 saturated carbocycles. The van der Waals surface area contributed by atoms with Crippen LogP contribution in [0, 0.1) is 0 Å². The van der Waals surface area contributed by atoms with E-state index in [0.29, 0.717) is 24.4 Å². The molecule has 7 heteroatoms. The molecule has 3 aliphatic rings. The zero-order valence-corrected chi connectivity index (χ0v) is 17.1. The molecular formula is C22H29N5O2. The van der Waals surface area contributed by atoms with Gasteiger partial charge in [0.2, 0.25) is 11.8 Å². The summed E-state index contributed by atoms with van der Waals surface area (Å²) < 4.78 is 6.11. The molecule has 0 radical (unpaired) electrons. The molecule has 7 nitrogen and oxygen atoms in total. The van der Waals surface area contributed by atoms with Gasteiger partial charge in [-0.3, -0.25) is 9.69 Å². The predicted octanol–water partition coefficient (Wildman–Crippen LogP) is 2.30. The molecule has 1 aliphatic carbocycles. The molecule has 1 amide bonds. The maximum atomic E-state index is 11.8. The van der Waals surface area contributed by atoms with Crippen molar-refractivity contribution >= 4 is 22.5 Å². The van der Waals surface area contributed by atoms with Crippen molar-refractivity contribution in [2.75, 3.05) is 44.7 Å². The standard InChI is InChI=1S/C22H29N5O2/c1-25-17(6-8-21(25)28)14-26-9-11-27(12-10-26)16-5-7-20-19(13-16)22(24-15-23-20)29-18-3-2-4-18/h5,7,13,15,17-18H,2-4,6,8-12,14H2,1H3. The fourth-order valence-electron chi connectivity index (χ4n) is 4.52. The number of carbonyl (C=O) groups excluding carboxylic acids is 1. The predicted molar refractivity (Wildman–Crippen MR) is 112 cm³/mol. The van der Waals surface area contributed by atoms with Gasteiger partial charge in [0, 0.05) is 57.9 Å². The lowest BCUT2D eigenvalue weighted by Gasteiger charge is -2.38. The summed E-state index contributed by atoms with van der Waals surface area (Å²) in [4.78, 5) is 27.4. The molecule has 2 saturated heterocycles. The molecule has 1 unspecified atom stereocenters. The summed E-state index contributed by atoms with van der Waals surface area (Å²) in [5.41, 5.74) is 2.14. The summed E-state index contributed by atoms with van der Waals surface area (Å²) in [7, 11) is 1.94. The number of rotatable bonds is 5. The quantitative estimate of drug-likeness (QED) is 0.774. The van der Waals surface area contributed by atoms with Crippen LogP contribution in [0.2, 0.25) is 0 Å². The Bertz CT molecular complexity index is 892. The van der Waals surface area contributed by atoms with Gasteiger partial charge in [0.25, 0.3) is 0 Å². The molecule has 0 spiro atoms. The number of carbonyl (C=O) groups is 1. The lowest BCUT2D eigenvalue weighted by Crippen LogP contribution is -2.50. The van der Waals surface area contributed by atoms with E-state index in [2.05, 4.69) is 38.0 Å². The molecule has 29 heavy (non-hydrogen) atoms. The van der Waals surface area contributed by atoms with E-state index >= 15 is 0 Å². The summed E-state index contributed by atoms with van der Waals surface area (Å²) in [5.74, 6) is 1.00. The van der Waals surface area contributed by atoms with Gasteiger partial charge >= 0.3 is 0 Å². The molecule has 2 aliphatic heterocycles. The number of likely N-dealkylation sites (tertiary alicyclic amines) is 1. The number of benzene rings is 1. The first-order valence-corrected chi connectivity index (χ1v) is 10.8. The monoisotopic (exact) mass is 395 g/mol. The minimum absolute atomic E-state index is 0.284. The molecule has 3 fully saturated rings. The van der Waals surface area contributed by atoms with Gasteiger partial charge in [0.15, 0.2) is 0 Å². The van der Waals surface area contributed by atoms with E-state index in [0.717, 1.165) is 62.9 Å². The Kier molecular flexibility index (Phi) is 4.99. The van der Waals surface area contributed by atoms with Crippen molar-refractivity contribution in [3.63, 3.8) is 0 Å². The number of likely N-dealkylation sites (N-methyl/N-ethyl adjacent to an activating group) is 1. The molecule has 1 aromatic carbocycles. The van der Waals surface area contributed by atoms with E-state index in [-0.39, 0.29) is 5.91 Å². The van der Waals surface area contributed by atoms with Gasteiger partial charge in [-0.05, 0) is 43.9 Å². The largest absolute Gasteiger partial charge is 0.474 e. The Hall–Kier alpha value is -2.41. The Morgan fingerprint density at radius 3 is 2.62 bits per heavy atom. The highest BCUT2D eigenvalue weighted by Crippen LogP contribution is 2.31. The number of anilines is 1. The maximum Gasteiger partial charge on any atom is 0.224 e. The van der Waals surface area contributed by atoms with Crippen molar-refractivity contribution in [1.82, 2.24) is 19.8 Å². The first-order valence-electron chi connectivity index (χ1n) is 10.8. The number of fused-ring (bicyclic) bond motifs is 1. The first-order chi connectivity index (χ1) is 14.2. The number of amides is 1. The van der Waals surface area contributed by atoms with E-state index in [1.165, 1.54) is 12.1 Å². The third-order valence-electron chi connectivity index (χ3n) is 6.75. The second kappa shape index (κ2) is 7.78. The van der Waals surface area contributed by atoms with Crippen molar-refractivity contribution < 1.29 is 9.53 Å². The minimum Gasteiger partial charge on any atom is -0.474 e. The Labute approximate surface area is 171 Å². The number of hydrogen-bond donors (Lipinski definition) is 0. The normalized spacial score (nSPS) is 23.6. The zero-order chi connectivity index (χ0) is 19.8. The number of piperazine rings is 1. The highest BCUT2D eigenvalue weighted by molar-refractivity contribution is 5.86. The highest BCUT2D eigenvalue weighted by atomic mass is 16.5. The van der Waals surface area contributed by atoms with Crippen LogP contribution >= 0.6 is 0 Å². The Morgan fingerprint density at radius 2 is 1.93 bits per heavy atom. The van der Waals surface area contributed by atoms with Crippen molar-refractivity contribution in [3.05, 3.63) is 24.5 Å². The summed E-state index contributed by atoms with van der Waals surface area (Å²) in [6, 6.07) is 6.79. The van der Waals surface area contributed by atoms with Crippen LogP contribution < -0.4 is 9.64 Å². The molecule has 3 heterocycles. The van der Waals surface area contributed by atoms with Crippen molar-refractivity contribution in [2.24, 2.45) is 0 Å². The molecular weight excluding hydrogens is 366 g/mol. The SMILES string of the molecule is CN1C(=O)CCC1CN1CCN(c2ccc3ncnc(OC4CCC4)c3c2)CC1. The summed E-state index contributed by atoms with van der Waals surface area (Å²) in [6.07, 6.45) is 7.08. The minimum atomic E-state index is 0.284. The maximum absolute atomic E-state index is 11.8. The van der Waals surface area contributed by atoms with Crippen LogP contribution in [0.15, 0.2) is 24.5 Å². The van der Waals surface area contributed by atoms with E-state index in [9.17, 15) is 4.79 Å². The molecule has 1 atom stereocenters. The third kappa shape index (κ3) is 3.75. The van der Waals surface area contributed by atoms with Crippen molar-refractivity contribution in [1.29, 1.82) is 0 Å². The van der Waals surface area contributed by atoms with Crippen LogP contribution in [0.3, 0.4) is 0 Å². The third-order valence-corrected chi connectivity index (χ3v) is 6.75. The van der Waals surface area contributed by atoms with E-state index in [1.54, 1.807) is 6.33 Å². The van der Waals surface area contributed by atoms with Crippen LogP contribution in [0.4, 0.5) is 5.69 Å². The molecule has 0 bridgehead atoms. The van der Waals surface area contributed by atoms with Crippen LogP contribution in [-0.2, 0) is 4.79 Å². The van der Waals surface area contributed by atoms with Crippen LogP contribution in [0.25, 0.3) is 10.9 Å². The van der Waals surface area contributed by atoms with Gasteiger partial charge in [-0.2, -0.15) is 0 Å². The lowest BCUT2D eigenvalue weighted by atomic mass is 9.96. The van der Waals surface area contributed by atoms with Gasteiger partial charge < -0.3 is 14.5 Å². The fraction of sp³-hybridized carbons (Fsp3) is 0.591. The molecule has 154 valence electrons. The van der Waals surface area contributed by atoms with Crippen molar-refractivity contribution in [2.45, 2.75) is 44.2 Å². The Morgan fingerprint density at radius 1 is 1.10 bits per heavy atom. The average Bonchev–Trinajstić information content (AvgIpc) is 3.03. The Balaban J connectivity index is 1.25. The highest BCUT2D eigenvalue weighted by Gasteiger charge is 2.30. The van der Waals surface area contributed by atoms with Crippen LogP contribution in [0.5, 0.6) is 5.88 Å².